The first-order valence-corrected chi connectivity index (χ1v) is 9.34. The molecule has 0 saturated heterocycles. The van der Waals surface area contributed by atoms with Crippen LogP contribution in [0.5, 0.6) is 5.75 Å². The number of benzene rings is 3. The van der Waals surface area contributed by atoms with Crippen LogP contribution in [0.25, 0.3) is 10.8 Å². The van der Waals surface area contributed by atoms with E-state index in [-0.39, 0.29) is 11.9 Å². The second kappa shape index (κ2) is 6.81. The van der Waals surface area contributed by atoms with Crippen LogP contribution in [0.1, 0.15) is 28.4 Å². The van der Waals surface area contributed by atoms with Crippen LogP contribution in [0.3, 0.4) is 0 Å². The number of carbonyl (C=O) groups is 1. The third kappa shape index (κ3) is 3.10. The molecule has 3 aromatic carbocycles. The van der Waals surface area contributed by atoms with Gasteiger partial charge in [0.25, 0.3) is 5.91 Å². The standard InChI is InChI=1S/C21H19NO2S/c1-24-19-13-15-7-3-2-6-14(15)12-17(19)21(23)22-18-10-11-25-20-9-5-4-8-16(18)20/h2-9,12-13,18H,10-11H2,1H3,(H,22,23). The molecule has 3 nitrogen and oxygen atoms in total. The number of hydrogen-bond donors (Lipinski definition) is 1. The van der Waals surface area contributed by atoms with Crippen LogP contribution in [0.15, 0.2) is 65.6 Å². The molecule has 0 fully saturated rings. The molecule has 1 amide bonds. The summed E-state index contributed by atoms with van der Waals surface area (Å²) in [5.74, 6) is 1.53. The molecule has 1 atom stereocenters. The third-order valence-electron chi connectivity index (χ3n) is 4.58. The van der Waals surface area contributed by atoms with Gasteiger partial charge in [-0.25, -0.2) is 0 Å². The fourth-order valence-electron chi connectivity index (χ4n) is 3.29. The Bertz CT molecular complexity index is 938. The Balaban J connectivity index is 1.67. The smallest absolute Gasteiger partial charge is 0.255 e. The fourth-order valence-corrected chi connectivity index (χ4v) is 4.42. The maximum Gasteiger partial charge on any atom is 0.255 e. The minimum atomic E-state index is -0.0886. The minimum Gasteiger partial charge on any atom is -0.496 e. The van der Waals surface area contributed by atoms with Crippen molar-refractivity contribution in [3.63, 3.8) is 0 Å². The highest BCUT2D eigenvalue weighted by molar-refractivity contribution is 7.99. The number of thioether (sulfide) groups is 1. The molecule has 126 valence electrons. The van der Waals surface area contributed by atoms with Crippen molar-refractivity contribution in [3.05, 3.63) is 71.8 Å². The Hall–Kier alpha value is -2.46. The molecular formula is C21H19NO2S. The van der Waals surface area contributed by atoms with Gasteiger partial charge in [-0.3, -0.25) is 4.79 Å². The lowest BCUT2D eigenvalue weighted by Gasteiger charge is -2.26. The van der Waals surface area contributed by atoms with Gasteiger partial charge in [0, 0.05) is 10.6 Å². The van der Waals surface area contributed by atoms with E-state index < -0.39 is 0 Å². The molecule has 3 aromatic rings. The van der Waals surface area contributed by atoms with Crippen molar-refractivity contribution in [1.29, 1.82) is 0 Å². The lowest BCUT2D eigenvalue weighted by molar-refractivity contribution is 0.0932. The second-order valence-corrected chi connectivity index (χ2v) is 7.24. The van der Waals surface area contributed by atoms with Gasteiger partial charge in [-0.1, -0.05) is 42.5 Å². The molecule has 1 heterocycles. The number of rotatable bonds is 3. The van der Waals surface area contributed by atoms with Crippen LogP contribution in [0.2, 0.25) is 0 Å². The van der Waals surface area contributed by atoms with Gasteiger partial charge in [-0.05, 0) is 41.0 Å². The van der Waals surface area contributed by atoms with Crippen LogP contribution >= 0.6 is 11.8 Å². The van der Waals surface area contributed by atoms with Gasteiger partial charge in [0.2, 0.25) is 0 Å². The molecule has 25 heavy (non-hydrogen) atoms. The second-order valence-electron chi connectivity index (χ2n) is 6.10. The van der Waals surface area contributed by atoms with Crippen molar-refractivity contribution < 1.29 is 9.53 Å². The van der Waals surface area contributed by atoms with Crippen molar-refractivity contribution in [3.8, 4) is 5.75 Å². The Morgan fingerprint density at radius 2 is 1.80 bits per heavy atom. The first-order chi connectivity index (χ1) is 12.3. The fraction of sp³-hybridized carbons (Fsp3) is 0.190. The zero-order chi connectivity index (χ0) is 17.2. The summed E-state index contributed by atoms with van der Waals surface area (Å²) in [4.78, 5) is 14.2. The van der Waals surface area contributed by atoms with Crippen LogP contribution in [-0.2, 0) is 0 Å². The maximum absolute atomic E-state index is 12.9. The highest BCUT2D eigenvalue weighted by atomic mass is 32.2. The first kappa shape index (κ1) is 16.0. The summed E-state index contributed by atoms with van der Waals surface area (Å²) >= 11 is 1.85. The average molecular weight is 349 g/mol. The molecule has 4 heteroatoms. The molecule has 1 unspecified atom stereocenters. The highest BCUT2D eigenvalue weighted by Gasteiger charge is 2.23. The Labute approximate surface area is 151 Å². The molecule has 0 saturated carbocycles. The lowest BCUT2D eigenvalue weighted by atomic mass is 10.0. The number of methoxy groups -OCH3 is 1. The van der Waals surface area contributed by atoms with Gasteiger partial charge >= 0.3 is 0 Å². The summed E-state index contributed by atoms with van der Waals surface area (Å²) in [6, 6.07) is 20.2. The molecule has 0 aliphatic carbocycles. The minimum absolute atomic E-state index is 0.0427. The number of amides is 1. The van der Waals surface area contributed by atoms with E-state index in [1.165, 1.54) is 10.5 Å². The predicted molar refractivity (Wildman–Crippen MR) is 102 cm³/mol. The molecular weight excluding hydrogens is 330 g/mol. The number of ether oxygens (including phenoxy) is 1. The van der Waals surface area contributed by atoms with Crippen molar-refractivity contribution in [2.24, 2.45) is 0 Å². The molecule has 1 aliphatic heterocycles. The van der Waals surface area contributed by atoms with E-state index >= 15 is 0 Å². The largest absolute Gasteiger partial charge is 0.496 e. The van der Waals surface area contributed by atoms with E-state index in [1.54, 1.807) is 7.11 Å². The summed E-state index contributed by atoms with van der Waals surface area (Å²) in [5, 5.41) is 5.30. The average Bonchev–Trinajstić information content (AvgIpc) is 2.67. The molecule has 4 rings (SSSR count). The lowest BCUT2D eigenvalue weighted by Crippen LogP contribution is -2.30. The first-order valence-electron chi connectivity index (χ1n) is 8.35. The van der Waals surface area contributed by atoms with E-state index in [1.807, 2.05) is 60.3 Å². The van der Waals surface area contributed by atoms with E-state index in [4.69, 9.17) is 4.74 Å². The summed E-state index contributed by atoms with van der Waals surface area (Å²) in [5.41, 5.74) is 1.78. The van der Waals surface area contributed by atoms with E-state index in [0.717, 1.165) is 22.9 Å². The van der Waals surface area contributed by atoms with Gasteiger partial charge in [0.05, 0.1) is 18.7 Å². The summed E-state index contributed by atoms with van der Waals surface area (Å²) in [7, 11) is 1.60. The molecule has 1 aliphatic rings. The molecule has 0 spiro atoms. The highest BCUT2D eigenvalue weighted by Crippen LogP contribution is 2.36. The summed E-state index contributed by atoms with van der Waals surface area (Å²) < 4.78 is 5.47. The zero-order valence-corrected chi connectivity index (χ0v) is 14.8. The number of fused-ring (bicyclic) bond motifs is 2. The zero-order valence-electron chi connectivity index (χ0n) is 14.0. The molecule has 1 N–H and O–H groups in total. The van der Waals surface area contributed by atoms with Crippen LogP contribution in [0.4, 0.5) is 0 Å². The van der Waals surface area contributed by atoms with Crippen molar-refractivity contribution in [2.45, 2.75) is 17.4 Å². The number of carbonyl (C=O) groups excluding carboxylic acids is 1. The van der Waals surface area contributed by atoms with Crippen molar-refractivity contribution >= 4 is 28.4 Å². The van der Waals surface area contributed by atoms with Gasteiger partial charge in [-0.2, -0.15) is 0 Å². The maximum atomic E-state index is 12.9. The van der Waals surface area contributed by atoms with E-state index in [0.29, 0.717) is 11.3 Å². The number of nitrogens with one attached hydrogen (secondary N) is 1. The number of hydrogen-bond acceptors (Lipinski definition) is 3. The van der Waals surface area contributed by atoms with Crippen molar-refractivity contribution in [1.82, 2.24) is 5.32 Å². The van der Waals surface area contributed by atoms with Crippen LogP contribution in [0, 0.1) is 0 Å². The molecule has 0 aromatic heterocycles. The van der Waals surface area contributed by atoms with E-state index in [2.05, 4.69) is 17.4 Å². The molecule has 0 bridgehead atoms. The summed E-state index contributed by atoms with van der Waals surface area (Å²) in [6.45, 7) is 0. The van der Waals surface area contributed by atoms with Gasteiger partial charge in [0.15, 0.2) is 0 Å². The summed E-state index contributed by atoms with van der Waals surface area (Å²) in [6.07, 6.45) is 0.934. The molecule has 0 radical (unpaired) electrons. The topological polar surface area (TPSA) is 38.3 Å². The Kier molecular flexibility index (Phi) is 4.36. The van der Waals surface area contributed by atoms with Crippen LogP contribution in [-0.4, -0.2) is 18.8 Å². The van der Waals surface area contributed by atoms with E-state index in [9.17, 15) is 4.79 Å². The Morgan fingerprint density at radius 3 is 2.60 bits per heavy atom. The monoisotopic (exact) mass is 349 g/mol. The third-order valence-corrected chi connectivity index (χ3v) is 5.70. The van der Waals surface area contributed by atoms with Gasteiger partial charge < -0.3 is 10.1 Å². The van der Waals surface area contributed by atoms with Crippen LogP contribution < -0.4 is 10.1 Å². The van der Waals surface area contributed by atoms with Gasteiger partial charge in [0.1, 0.15) is 5.75 Å². The quantitative estimate of drug-likeness (QED) is 0.737. The predicted octanol–water partition coefficient (Wildman–Crippen LogP) is 4.82. The normalized spacial score (nSPS) is 16.3. The van der Waals surface area contributed by atoms with Crippen molar-refractivity contribution in [2.75, 3.05) is 12.9 Å². The van der Waals surface area contributed by atoms with Gasteiger partial charge in [-0.15, -0.1) is 11.8 Å². The SMILES string of the molecule is COc1cc2ccccc2cc1C(=O)NC1CCSc2ccccc21. The Morgan fingerprint density at radius 1 is 1.08 bits per heavy atom.